The minimum absolute atomic E-state index is 0.172. The summed E-state index contributed by atoms with van der Waals surface area (Å²) in [5.41, 5.74) is 5.21. The number of carbonyl (C=O) groups is 1. The number of amides is 1. The lowest BCUT2D eigenvalue weighted by atomic mass is 10.1. The van der Waals surface area contributed by atoms with Crippen LogP contribution in [0.1, 0.15) is 35.7 Å². The van der Waals surface area contributed by atoms with Gasteiger partial charge in [-0.05, 0) is 50.2 Å². The van der Waals surface area contributed by atoms with Gasteiger partial charge in [-0.3, -0.25) is 14.7 Å². The average Bonchev–Trinajstić information content (AvgIpc) is 3.10. The fourth-order valence-corrected chi connectivity index (χ4v) is 3.06. The third kappa shape index (κ3) is 6.42. The molecule has 27 heavy (non-hydrogen) atoms. The van der Waals surface area contributed by atoms with Crippen molar-refractivity contribution >= 4 is 11.9 Å². The third-order valence-electron chi connectivity index (χ3n) is 4.57. The lowest BCUT2D eigenvalue weighted by Gasteiger charge is -2.20. The number of likely N-dealkylation sites (tertiary alicyclic amines) is 1. The van der Waals surface area contributed by atoms with Gasteiger partial charge >= 0.3 is 6.18 Å². The molecule has 1 aromatic carbocycles. The number of rotatable bonds is 7. The zero-order chi connectivity index (χ0) is 19.9. The van der Waals surface area contributed by atoms with Crippen molar-refractivity contribution in [1.82, 2.24) is 15.5 Å². The molecule has 6 nitrogen and oxygen atoms in total. The Morgan fingerprint density at radius 1 is 1.26 bits per heavy atom. The van der Waals surface area contributed by atoms with E-state index >= 15 is 0 Å². The zero-order valence-electron chi connectivity index (χ0n) is 15.4. The molecule has 1 unspecified atom stereocenters. The van der Waals surface area contributed by atoms with Crippen molar-refractivity contribution in [2.45, 2.75) is 32.0 Å². The number of nitrogens with zero attached hydrogens (tertiary/aromatic N) is 2. The number of halogens is 3. The molecule has 0 spiro atoms. The maximum Gasteiger partial charge on any atom is 0.416 e. The standard InChI is InChI=1S/C18H26F3N5O/c1-2-26-11-3-4-15(26)12-25-17(22)24-10-9-23-16(27)13-5-7-14(8-6-13)18(19,20)21/h5-8,15H,2-4,9-12H2,1H3,(H,23,27)(H3,22,24,25). The van der Waals surface area contributed by atoms with E-state index in [1.54, 1.807) is 0 Å². The van der Waals surface area contributed by atoms with Gasteiger partial charge < -0.3 is 16.4 Å². The quantitative estimate of drug-likeness (QED) is 0.380. The van der Waals surface area contributed by atoms with E-state index in [9.17, 15) is 18.0 Å². The molecule has 0 aromatic heterocycles. The number of aliphatic imine (C=N–C) groups is 1. The maximum atomic E-state index is 12.5. The van der Waals surface area contributed by atoms with Crippen molar-refractivity contribution in [3.05, 3.63) is 35.4 Å². The number of hydrogen-bond donors (Lipinski definition) is 3. The second-order valence-corrected chi connectivity index (χ2v) is 6.41. The van der Waals surface area contributed by atoms with Gasteiger partial charge in [0.2, 0.25) is 0 Å². The molecule has 0 saturated carbocycles. The Morgan fingerprint density at radius 3 is 2.56 bits per heavy atom. The molecule has 0 radical (unpaired) electrons. The minimum Gasteiger partial charge on any atom is -0.370 e. The molecule has 1 fully saturated rings. The highest BCUT2D eigenvalue weighted by Gasteiger charge is 2.30. The Morgan fingerprint density at radius 2 is 1.93 bits per heavy atom. The maximum absolute atomic E-state index is 12.5. The summed E-state index contributed by atoms with van der Waals surface area (Å²) >= 11 is 0. The first-order chi connectivity index (χ1) is 12.8. The molecule has 4 N–H and O–H groups in total. The molecule has 1 amide bonds. The van der Waals surface area contributed by atoms with Crippen LogP contribution < -0.4 is 16.4 Å². The Balaban J connectivity index is 1.69. The monoisotopic (exact) mass is 385 g/mol. The number of nitrogens with one attached hydrogen (secondary N) is 2. The van der Waals surface area contributed by atoms with Crippen LogP contribution in [0.25, 0.3) is 0 Å². The number of likely N-dealkylation sites (N-methyl/N-ethyl adjacent to an activating group) is 1. The Hall–Kier alpha value is -2.29. The van der Waals surface area contributed by atoms with Crippen LogP contribution in [0.2, 0.25) is 0 Å². The lowest BCUT2D eigenvalue weighted by molar-refractivity contribution is -0.137. The van der Waals surface area contributed by atoms with Crippen molar-refractivity contribution in [1.29, 1.82) is 0 Å². The van der Waals surface area contributed by atoms with Gasteiger partial charge in [0.1, 0.15) is 0 Å². The second-order valence-electron chi connectivity index (χ2n) is 6.41. The number of hydrogen-bond acceptors (Lipinski definition) is 3. The van der Waals surface area contributed by atoms with Gasteiger partial charge in [-0.15, -0.1) is 0 Å². The molecule has 150 valence electrons. The molecule has 0 aliphatic carbocycles. The second kappa shape index (κ2) is 9.59. The largest absolute Gasteiger partial charge is 0.416 e. The van der Waals surface area contributed by atoms with Gasteiger partial charge in [0, 0.05) is 24.7 Å². The van der Waals surface area contributed by atoms with Gasteiger partial charge in [0.25, 0.3) is 5.91 Å². The number of guanidine groups is 1. The summed E-state index contributed by atoms with van der Waals surface area (Å²) in [5.74, 6) is -0.118. The van der Waals surface area contributed by atoms with Gasteiger partial charge in [-0.1, -0.05) is 6.92 Å². The highest BCUT2D eigenvalue weighted by Crippen LogP contribution is 2.29. The normalized spacial score (nSPS) is 18.5. The van der Waals surface area contributed by atoms with E-state index < -0.39 is 17.6 Å². The van der Waals surface area contributed by atoms with E-state index in [0.29, 0.717) is 25.1 Å². The van der Waals surface area contributed by atoms with E-state index in [4.69, 9.17) is 5.73 Å². The topological polar surface area (TPSA) is 82.8 Å². The fourth-order valence-electron chi connectivity index (χ4n) is 3.06. The summed E-state index contributed by atoms with van der Waals surface area (Å²) < 4.78 is 37.5. The number of carbonyl (C=O) groups excluding carboxylic acids is 1. The van der Waals surface area contributed by atoms with Crippen molar-refractivity contribution in [2.75, 3.05) is 32.7 Å². The molecule has 1 aliphatic rings. The SMILES string of the molecule is CCN1CCCC1CN=C(N)NCCNC(=O)c1ccc(C(F)(F)F)cc1. The fraction of sp³-hybridized carbons (Fsp3) is 0.556. The average molecular weight is 385 g/mol. The van der Waals surface area contributed by atoms with E-state index in [2.05, 4.69) is 27.4 Å². The molecule has 0 bridgehead atoms. The first-order valence-electron chi connectivity index (χ1n) is 9.04. The number of alkyl halides is 3. The Kier molecular flexibility index (Phi) is 7.46. The molecular formula is C18H26F3N5O. The summed E-state index contributed by atoms with van der Waals surface area (Å²) in [6.45, 7) is 5.53. The van der Waals surface area contributed by atoms with Crippen LogP contribution >= 0.6 is 0 Å². The van der Waals surface area contributed by atoms with E-state index in [0.717, 1.165) is 43.8 Å². The van der Waals surface area contributed by atoms with Crippen LogP contribution in [-0.4, -0.2) is 55.5 Å². The smallest absolute Gasteiger partial charge is 0.370 e. The van der Waals surface area contributed by atoms with Crippen LogP contribution in [-0.2, 0) is 6.18 Å². The minimum atomic E-state index is -4.41. The van der Waals surface area contributed by atoms with E-state index in [1.165, 1.54) is 6.42 Å². The lowest BCUT2D eigenvalue weighted by Crippen LogP contribution is -2.39. The molecular weight excluding hydrogens is 359 g/mol. The first-order valence-corrected chi connectivity index (χ1v) is 9.04. The van der Waals surface area contributed by atoms with Gasteiger partial charge in [0.15, 0.2) is 5.96 Å². The summed E-state index contributed by atoms with van der Waals surface area (Å²) in [7, 11) is 0. The first kappa shape index (κ1) is 21.0. The van der Waals surface area contributed by atoms with Crippen LogP contribution in [0.15, 0.2) is 29.3 Å². The molecule has 1 aromatic rings. The summed E-state index contributed by atoms with van der Waals surface area (Å²) in [6.07, 6.45) is -2.12. The molecule has 2 rings (SSSR count). The molecule has 1 atom stereocenters. The Labute approximate surface area is 157 Å². The van der Waals surface area contributed by atoms with Gasteiger partial charge in [-0.2, -0.15) is 13.2 Å². The Bertz CT molecular complexity index is 645. The predicted molar refractivity (Wildman–Crippen MR) is 98.5 cm³/mol. The van der Waals surface area contributed by atoms with Crippen molar-refractivity contribution < 1.29 is 18.0 Å². The van der Waals surface area contributed by atoms with Crippen LogP contribution in [0.5, 0.6) is 0 Å². The molecule has 1 heterocycles. The van der Waals surface area contributed by atoms with Crippen LogP contribution in [0.4, 0.5) is 13.2 Å². The highest BCUT2D eigenvalue weighted by molar-refractivity contribution is 5.94. The van der Waals surface area contributed by atoms with Crippen LogP contribution in [0.3, 0.4) is 0 Å². The van der Waals surface area contributed by atoms with E-state index in [1.807, 2.05) is 0 Å². The van der Waals surface area contributed by atoms with Crippen molar-refractivity contribution in [3.63, 3.8) is 0 Å². The van der Waals surface area contributed by atoms with Gasteiger partial charge in [-0.25, -0.2) is 0 Å². The number of nitrogens with two attached hydrogens (primary N) is 1. The summed E-state index contributed by atoms with van der Waals surface area (Å²) in [5, 5.41) is 5.55. The van der Waals surface area contributed by atoms with Crippen molar-refractivity contribution in [2.24, 2.45) is 10.7 Å². The molecule has 9 heteroatoms. The molecule has 1 saturated heterocycles. The predicted octanol–water partition coefficient (Wildman–Crippen LogP) is 1.82. The number of benzene rings is 1. The van der Waals surface area contributed by atoms with Crippen molar-refractivity contribution in [3.8, 4) is 0 Å². The van der Waals surface area contributed by atoms with Gasteiger partial charge in [0.05, 0.1) is 12.1 Å². The zero-order valence-corrected chi connectivity index (χ0v) is 15.4. The van der Waals surface area contributed by atoms with E-state index in [-0.39, 0.29) is 12.1 Å². The summed E-state index contributed by atoms with van der Waals surface area (Å²) in [6, 6.07) is 4.51. The van der Waals surface area contributed by atoms with Crippen LogP contribution in [0, 0.1) is 0 Å². The summed E-state index contributed by atoms with van der Waals surface area (Å²) in [4.78, 5) is 18.6. The molecule has 1 aliphatic heterocycles. The highest BCUT2D eigenvalue weighted by atomic mass is 19.4. The third-order valence-corrected chi connectivity index (χ3v) is 4.57.